The topological polar surface area (TPSA) is 66.2 Å². The van der Waals surface area contributed by atoms with Gasteiger partial charge in [0.25, 0.3) is 0 Å². The fraction of sp³-hybridized carbons (Fsp3) is 0.429. The SMILES string of the molecule is O=C([O-])c1nc(C2CC2)co1.[Na+]. The van der Waals surface area contributed by atoms with Crippen molar-refractivity contribution in [2.75, 3.05) is 0 Å². The molecule has 0 atom stereocenters. The number of carboxylic acid groups (broad SMARTS) is 1. The van der Waals surface area contributed by atoms with E-state index in [4.69, 9.17) is 0 Å². The number of aromatic nitrogens is 1. The standard InChI is InChI=1S/C7H7NO3.Na/c9-7(10)6-8-5(3-11-6)4-1-2-4;/h3-4H,1-2H2,(H,9,10);/q;+1/p-1. The molecular formula is C7H6NNaO3. The number of rotatable bonds is 2. The van der Waals surface area contributed by atoms with E-state index < -0.39 is 5.97 Å². The van der Waals surface area contributed by atoms with Gasteiger partial charge in [-0.1, -0.05) is 0 Å². The summed E-state index contributed by atoms with van der Waals surface area (Å²) in [6, 6.07) is 0. The van der Waals surface area contributed by atoms with E-state index in [2.05, 4.69) is 9.40 Å². The second-order valence-electron chi connectivity index (χ2n) is 2.64. The zero-order valence-corrected chi connectivity index (χ0v) is 8.74. The number of carboxylic acids is 1. The molecule has 0 aliphatic heterocycles. The summed E-state index contributed by atoms with van der Waals surface area (Å²) in [6.45, 7) is 0. The Morgan fingerprint density at radius 1 is 1.67 bits per heavy atom. The molecule has 0 bridgehead atoms. The van der Waals surface area contributed by atoms with Crippen molar-refractivity contribution in [3.05, 3.63) is 17.8 Å². The Morgan fingerprint density at radius 2 is 2.33 bits per heavy atom. The molecule has 1 fully saturated rings. The molecule has 0 radical (unpaired) electrons. The molecule has 0 saturated heterocycles. The Morgan fingerprint density at radius 3 is 2.75 bits per heavy atom. The Bertz CT molecular complexity index is 293. The minimum absolute atomic E-state index is 0. The minimum Gasteiger partial charge on any atom is -0.540 e. The van der Waals surface area contributed by atoms with Gasteiger partial charge in [0.1, 0.15) is 12.2 Å². The van der Waals surface area contributed by atoms with E-state index in [1.165, 1.54) is 6.26 Å². The van der Waals surface area contributed by atoms with Gasteiger partial charge in [-0.15, -0.1) is 0 Å². The summed E-state index contributed by atoms with van der Waals surface area (Å²) in [7, 11) is 0. The van der Waals surface area contributed by atoms with Gasteiger partial charge in [0, 0.05) is 5.92 Å². The van der Waals surface area contributed by atoms with E-state index in [0.29, 0.717) is 5.92 Å². The zero-order chi connectivity index (χ0) is 7.84. The largest absolute Gasteiger partial charge is 1.00 e. The molecular weight excluding hydrogens is 169 g/mol. The first-order chi connectivity index (χ1) is 5.27. The average molecular weight is 175 g/mol. The quantitative estimate of drug-likeness (QED) is 0.447. The van der Waals surface area contributed by atoms with Crippen molar-refractivity contribution in [2.45, 2.75) is 18.8 Å². The Hall–Kier alpha value is -0.320. The molecule has 1 saturated carbocycles. The second kappa shape index (κ2) is 3.60. The molecule has 1 aromatic heterocycles. The smallest absolute Gasteiger partial charge is 0.540 e. The average Bonchev–Trinajstić information content (AvgIpc) is 2.68. The summed E-state index contributed by atoms with van der Waals surface area (Å²) in [5, 5.41) is 10.2. The first kappa shape index (κ1) is 9.77. The molecule has 0 aromatic carbocycles. The molecule has 5 heteroatoms. The molecule has 58 valence electrons. The van der Waals surface area contributed by atoms with Crippen LogP contribution in [0.1, 0.15) is 35.1 Å². The molecule has 1 aliphatic carbocycles. The summed E-state index contributed by atoms with van der Waals surface area (Å²) in [4.78, 5) is 13.9. The number of carbonyl (C=O) groups is 1. The molecule has 1 heterocycles. The third-order valence-electron chi connectivity index (χ3n) is 1.69. The van der Waals surface area contributed by atoms with Crippen molar-refractivity contribution in [1.29, 1.82) is 0 Å². The first-order valence-corrected chi connectivity index (χ1v) is 3.44. The van der Waals surface area contributed by atoms with Crippen LogP contribution in [0.15, 0.2) is 10.7 Å². The van der Waals surface area contributed by atoms with Crippen LogP contribution in [-0.4, -0.2) is 11.0 Å². The number of nitrogens with zero attached hydrogens (tertiary/aromatic N) is 1. The molecule has 12 heavy (non-hydrogen) atoms. The Labute approximate surface area is 91.3 Å². The molecule has 0 unspecified atom stereocenters. The van der Waals surface area contributed by atoms with Gasteiger partial charge in [-0.3, -0.25) is 0 Å². The van der Waals surface area contributed by atoms with Crippen LogP contribution in [0.25, 0.3) is 0 Å². The molecule has 0 amide bonds. The number of oxazole rings is 1. The monoisotopic (exact) mass is 175 g/mol. The number of carbonyl (C=O) groups excluding carboxylic acids is 1. The maximum absolute atomic E-state index is 10.2. The number of hydrogen-bond donors (Lipinski definition) is 0. The van der Waals surface area contributed by atoms with Crippen molar-refractivity contribution in [3.8, 4) is 0 Å². The van der Waals surface area contributed by atoms with Crippen LogP contribution in [0.2, 0.25) is 0 Å². The normalized spacial score (nSPS) is 15.3. The molecule has 0 N–H and O–H groups in total. The van der Waals surface area contributed by atoms with Crippen molar-refractivity contribution >= 4 is 5.97 Å². The number of hydrogen-bond acceptors (Lipinski definition) is 4. The summed E-state index contributed by atoms with van der Waals surface area (Å²) in [5.41, 5.74) is 0.740. The van der Waals surface area contributed by atoms with Crippen molar-refractivity contribution in [3.63, 3.8) is 0 Å². The zero-order valence-electron chi connectivity index (χ0n) is 6.74. The van der Waals surface area contributed by atoms with E-state index in [1.54, 1.807) is 0 Å². The third kappa shape index (κ3) is 1.88. The van der Waals surface area contributed by atoms with Gasteiger partial charge in [0.15, 0.2) is 0 Å². The first-order valence-electron chi connectivity index (χ1n) is 3.44. The maximum Gasteiger partial charge on any atom is 1.00 e. The predicted molar refractivity (Wildman–Crippen MR) is 32.8 cm³/mol. The summed E-state index contributed by atoms with van der Waals surface area (Å²) >= 11 is 0. The third-order valence-corrected chi connectivity index (χ3v) is 1.69. The van der Waals surface area contributed by atoms with Gasteiger partial charge in [-0.2, -0.15) is 0 Å². The molecule has 1 aromatic rings. The molecule has 1 aliphatic rings. The van der Waals surface area contributed by atoms with E-state index in [-0.39, 0.29) is 35.4 Å². The molecule has 0 spiro atoms. The second-order valence-corrected chi connectivity index (χ2v) is 2.64. The summed E-state index contributed by atoms with van der Waals surface area (Å²) in [5.74, 6) is -1.24. The van der Waals surface area contributed by atoms with Crippen LogP contribution in [0, 0.1) is 0 Å². The van der Waals surface area contributed by atoms with Crippen LogP contribution in [0.4, 0.5) is 0 Å². The van der Waals surface area contributed by atoms with Crippen molar-refractivity contribution in [1.82, 2.24) is 4.98 Å². The van der Waals surface area contributed by atoms with Crippen LogP contribution < -0.4 is 34.7 Å². The van der Waals surface area contributed by atoms with Crippen molar-refractivity contribution in [2.24, 2.45) is 0 Å². The minimum atomic E-state index is -1.35. The van der Waals surface area contributed by atoms with Gasteiger partial charge in [-0.05, 0) is 12.8 Å². The molecule has 4 nitrogen and oxygen atoms in total. The van der Waals surface area contributed by atoms with Gasteiger partial charge >= 0.3 is 29.6 Å². The van der Waals surface area contributed by atoms with Crippen LogP contribution >= 0.6 is 0 Å². The molecule has 2 rings (SSSR count). The van der Waals surface area contributed by atoms with Crippen LogP contribution in [-0.2, 0) is 0 Å². The summed E-state index contributed by atoms with van der Waals surface area (Å²) < 4.78 is 4.65. The number of aromatic carboxylic acids is 1. The summed E-state index contributed by atoms with van der Waals surface area (Å²) in [6.07, 6.45) is 3.56. The predicted octanol–water partition coefficient (Wildman–Crippen LogP) is -3.08. The van der Waals surface area contributed by atoms with E-state index in [0.717, 1.165) is 18.5 Å². The van der Waals surface area contributed by atoms with Gasteiger partial charge < -0.3 is 14.3 Å². The Balaban J connectivity index is 0.000000720. The van der Waals surface area contributed by atoms with E-state index in [1.807, 2.05) is 0 Å². The van der Waals surface area contributed by atoms with E-state index in [9.17, 15) is 9.90 Å². The fourth-order valence-corrected chi connectivity index (χ4v) is 0.947. The van der Waals surface area contributed by atoms with Crippen molar-refractivity contribution < 1.29 is 43.9 Å². The fourth-order valence-electron chi connectivity index (χ4n) is 0.947. The van der Waals surface area contributed by atoms with Gasteiger partial charge in [0.05, 0.1) is 5.69 Å². The van der Waals surface area contributed by atoms with Gasteiger partial charge in [-0.25, -0.2) is 4.98 Å². The maximum atomic E-state index is 10.2. The van der Waals surface area contributed by atoms with E-state index >= 15 is 0 Å². The van der Waals surface area contributed by atoms with Crippen LogP contribution in [0.5, 0.6) is 0 Å². The van der Waals surface area contributed by atoms with Crippen LogP contribution in [0.3, 0.4) is 0 Å². The Kier molecular flexibility index (Phi) is 2.93. The van der Waals surface area contributed by atoms with Gasteiger partial charge in [0.2, 0.25) is 5.89 Å².